The quantitative estimate of drug-likeness (QED) is 0.244. The van der Waals surface area contributed by atoms with E-state index in [1.54, 1.807) is 57.8 Å². The highest BCUT2D eigenvalue weighted by Gasteiger charge is 2.40. The number of methoxy groups -OCH3 is 5. The number of carbonyl (C=O) groups is 1. The lowest BCUT2D eigenvalue weighted by Crippen LogP contribution is -2.47. The fourth-order valence-electron chi connectivity index (χ4n) is 4.44. The number of fused-ring (bicyclic) bond motifs is 1. The van der Waals surface area contributed by atoms with Crippen molar-refractivity contribution >= 4 is 38.2 Å². The molecule has 5 rings (SSSR count). The van der Waals surface area contributed by atoms with Gasteiger partial charge in [0, 0.05) is 31.4 Å². The predicted octanol–water partition coefficient (Wildman–Crippen LogP) is 4.94. The zero-order chi connectivity index (χ0) is 29.0. The monoisotopic (exact) mass is 579 g/mol. The van der Waals surface area contributed by atoms with E-state index in [2.05, 4.69) is 15.5 Å². The summed E-state index contributed by atoms with van der Waals surface area (Å²) >= 11 is 1.39. The second-order valence-electron chi connectivity index (χ2n) is 8.84. The van der Waals surface area contributed by atoms with Crippen molar-refractivity contribution in [2.24, 2.45) is 0 Å². The number of carbonyl (C=O) groups excluding carboxylic acids is 1. The molecule has 2 aromatic heterocycles. The highest BCUT2D eigenvalue weighted by atomic mass is 32.1. The second-order valence-corrected chi connectivity index (χ2v) is 9.87. The third-order valence-electron chi connectivity index (χ3n) is 6.55. The second kappa shape index (κ2) is 12.1. The zero-order valence-electron chi connectivity index (χ0n) is 23.1. The molecule has 0 radical (unpaired) electrons. The van der Waals surface area contributed by atoms with E-state index >= 15 is 0 Å². The van der Waals surface area contributed by atoms with E-state index in [-0.39, 0.29) is 12.5 Å². The van der Waals surface area contributed by atoms with Crippen LogP contribution in [0, 0.1) is 0 Å². The summed E-state index contributed by atoms with van der Waals surface area (Å²) in [7, 11) is 7.64. The number of ether oxygens (including phenoxy) is 6. The van der Waals surface area contributed by atoms with Crippen molar-refractivity contribution < 1.29 is 37.7 Å². The van der Waals surface area contributed by atoms with Gasteiger partial charge in [-0.25, -0.2) is 4.98 Å². The van der Waals surface area contributed by atoms with Crippen LogP contribution >= 0.6 is 11.3 Å². The van der Waals surface area contributed by atoms with Crippen LogP contribution in [0.3, 0.4) is 0 Å². The summed E-state index contributed by atoms with van der Waals surface area (Å²) in [5.74, 6) is 0.316. The first-order chi connectivity index (χ1) is 19.9. The molecule has 41 heavy (non-hydrogen) atoms. The van der Waals surface area contributed by atoms with Gasteiger partial charge >= 0.3 is 0 Å². The maximum atomic E-state index is 12.7. The summed E-state index contributed by atoms with van der Waals surface area (Å²) in [6.45, 7) is -0.264. The van der Waals surface area contributed by atoms with E-state index in [9.17, 15) is 4.79 Å². The molecule has 4 aromatic rings. The smallest absolute Gasteiger partial charge is 0.252 e. The van der Waals surface area contributed by atoms with Crippen LogP contribution in [0.15, 0.2) is 65.2 Å². The molecular formula is C29H29N3O8S. The van der Waals surface area contributed by atoms with Gasteiger partial charge in [0.1, 0.15) is 18.4 Å². The summed E-state index contributed by atoms with van der Waals surface area (Å²) in [4.78, 5) is 17.2. The van der Waals surface area contributed by atoms with E-state index in [0.717, 1.165) is 10.2 Å². The molecule has 2 aromatic carbocycles. The summed E-state index contributed by atoms with van der Waals surface area (Å²) in [6.07, 6.45) is 4.47. The minimum atomic E-state index is -1.25. The molecule has 214 valence electrons. The summed E-state index contributed by atoms with van der Waals surface area (Å²) in [6, 6.07) is 13.0. The highest BCUT2D eigenvalue weighted by molar-refractivity contribution is 7.22. The molecule has 11 nitrogen and oxygen atoms in total. The number of thiazole rings is 1. The molecule has 0 saturated heterocycles. The lowest BCUT2D eigenvalue weighted by Gasteiger charge is -2.36. The molecule has 1 N–H and O–H groups in total. The first-order valence-electron chi connectivity index (χ1n) is 12.5. The number of hydrogen-bond donors (Lipinski definition) is 1. The molecule has 2 heterocycles. The molecular weight excluding hydrogens is 550 g/mol. The largest absolute Gasteiger partial charge is 0.493 e. The molecule has 12 heteroatoms. The van der Waals surface area contributed by atoms with Gasteiger partial charge in [0.25, 0.3) is 5.91 Å². The van der Waals surface area contributed by atoms with Gasteiger partial charge in [-0.15, -0.1) is 0 Å². The fourth-order valence-corrected chi connectivity index (χ4v) is 5.32. The number of hydrogen-bond acceptors (Lipinski definition) is 11. The Hall–Kier alpha value is -4.23. The van der Waals surface area contributed by atoms with Crippen molar-refractivity contribution in [3.05, 3.63) is 66.5 Å². The molecule has 0 saturated carbocycles. The van der Waals surface area contributed by atoms with Crippen LogP contribution in [0.2, 0.25) is 0 Å². The van der Waals surface area contributed by atoms with Crippen molar-refractivity contribution in [2.75, 3.05) is 47.5 Å². The minimum Gasteiger partial charge on any atom is -0.493 e. The Morgan fingerprint density at radius 1 is 1.02 bits per heavy atom. The molecule has 0 aliphatic heterocycles. The van der Waals surface area contributed by atoms with Crippen LogP contribution in [0.1, 0.15) is 5.76 Å². The topological polar surface area (TPSA) is 123 Å². The van der Waals surface area contributed by atoms with Crippen LogP contribution in [0.4, 0.5) is 5.13 Å². The van der Waals surface area contributed by atoms with Crippen LogP contribution in [-0.2, 0) is 19.0 Å². The number of aromatic nitrogens is 2. The maximum Gasteiger partial charge on any atom is 0.252 e. The number of allylic oxidation sites excluding steroid dienone is 2. The molecule has 1 amide bonds. The molecule has 1 aliphatic carbocycles. The number of amides is 1. The van der Waals surface area contributed by atoms with E-state index < -0.39 is 11.9 Å². The Kier molecular flexibility index (Phi) is 8.36. The van der Waals surface area contributed by atoms with E-state index in [0.29, 0.717) is 45.0 Å². The number of para-hydroxylation sites is 1. The molecule has 0 spiro atoms. The predicted molar refractivity (Wildman–Crippen MR) is 153 cm³/mol. The molecule has 0 bridgehead atoms. The molecule has 1 unspecified atom stereocenters. The van der Waals surface area contributed by atoms with Gasteiger partial charge in [0.2, 0.25) is 11.5 Å². The Morgan fingerprint density at radius 3 is 2.41 bits per heavy atom. The SMILES string of the molecule is COc1cc(-c2cc(C3=CC(OCC(=O)Nc4nc5ccccc5s4)C(OC)(OC)C=C3)on2)cc(OC)c1OC. The molecule has 0 fully saturated rings. The minimum absolute atomic E-state index is 0.264. The Bertz CT molecular complexity index is 1550. The number of nitrogens with zero attached hydrogens (tertiary/aromatic N) is 2. The zero-order valence-corrected chi connectivity index (χ0v) is 23.9. The summed E-state index contributed by atoms with van der Waals surface area (Å²) < 4.78 is 40.3. The normalized spacial score (nSPS) is 15.9. The average Bonchev–Trinajstić information content (AvgIpc) is 3.66. The number of anilines is 1. The lowest BCUT2D eigenvalue weighted by atomic mass is 9.96. The van der Waals surface area contributed by atoms with E-state index in [1.165, 1.54) is 25.6 Å². The third kappa shape index (κ3) is 5.68. The molecule has 1 atom stereocenters. The Labute approximate surface area is 240 Å². The Morgan fingerprint density at radius 2 is 1.76 bits per heavy atom. The lowest BCUT2D eigenvalue weighted by molar-refractivity contribution is -0.225. The Balaban J connectivity index is 1.35. The van der Waals surface area contributed by atoms with Gasteiger partial charge in [-0.2, -0.15) is 0 Å². The number of rotatable bonds is 11. The van der Waals surface area contributed by atoms with Gasteiger partial charge in [0.15, 0.2) is 22.4 Å². The van der Waals surface area contributed by atoms with Gasteiger partial charge in [0.05, 0.1) is 31.5 Å². The maximum absolute atomic E-state index is 12.7. The highest BCUT2D eigenvalue weighted by Crippen LogP contribution is 2.41. The van der Waals surface area contributed by atoms with Crippen LogP contribution in [0.25, 0.3) is 27.0 Å². The van der Waals surface area contributed by atoms with Crippen molar-refractivity contribution in [1.29, 1.82) is 0 Å². The van der Waals surface area contributed by atoms with Crippen LogP contribution in [0.5, 0.6) is 17.2 Å². The van der Waals surface area contributed by atoms with Crippen molar-refractivity contribution in [3.8, 4) is 28.5 Å². The van der Waals surface area contributed by atoms with Crippen LogP contribution < -0.4 is 19.5 Å². The van der Waals surface area contributed by atoms with Crippen molar-refractivity contribution in [1.82, 2.24) is 10.1 Å². The number of benzene rings is 2. The van der Waals surface area contributed by atoms with Crippen molar-refractivity contribution in [3.63, 3.8) is 0 Å². The van der Waals surface area contributed by atoms with Gasteiger partial charge in [-0.3, -0.25) is 10.1 Å². The average molecular weight is 580 g/mol. The first-order valence-corrected chi connectivity index (χ1v) is 13.3. The number of nitrogens with one attached hydrogen (secondary N) is 1. The van der Waals surface area contributed by atoms with E-state index in [1.807, 2.05) is 24.3 Å². The van der Waals surface area contributed by atoms with Crippen molar-refractivity contribution in [2.45, 2.75) is 11.9 Å². The van der Waals surface area contributed by atoms with Crippen LogP contribution in [-0.4, -0.2) is 70.1 Å². The standard InChI is InChI=1S/C29H29N3O8S/c1-34-22-12-18(13-23(35-2)27(22)36-3)20-15-21(40-32-20)17-10-11-29(37-4,38-5)25(14-17)39-16-26(33)31-28-30-19-8-6-7-9-24(19)41-28/h6-15,25H,16H2,1-5H3,(H,30,31,33). The van der Waals surface area contributed by atoms with E-state index in [4.69, 9.17) is 32.9 Å². The first kappa shape index (κ1) is 28.3. The van der Waals surface area contributed by atoms with Gasteiger partial charge in [-0.05, 0) is 42.5 Å². The third-order valence-corrected chi connectivity index (χ3v) is 7.50. The molecule has 1 aliphatic rings. The summed E-state index contributed by atoms with van der Waals surface area (Å²) in [5, 5.41) is 7.52. The fraction of sp³-hybridized carbons (Fsp3) is 0.276. The summed E-state index contributed by atoms with van der Waals surface area (Å²) in [5.41, 5.74) is 2.74. The van der Waals surface area contributed by atoms with Gasteiger partial charge in [-0.1, -0.05) is 28.6 Å². The van der Waals surface area contributed by atoms with Gasteiger partial charge < -0.3 is 32.9 Å².